The smallest absolute Gasteiger partial charge is 0.137 e. The Hall–Kier alpha value is -0.960. The summed E-state index contributed by atoms with van der Waals surface area (Å²) in [5, 5.41) is 0. The first-order chi connectivity index (χ1) is 7.81. The molecule has 0 aliphatic heterocycles. The molecule has 0 aliphatic carbocycles. The number of pyridine rings is 1. The third kappa shape index (κ3) is 3.89. The summed E-state index contributed by atoms with van der Waals surface area (Å²) >= 11 is 5.79. The number of alkyl halides is 1. The van der Waals surface area contributed by atoms with Crippen molar-refractivity contribution in [3.05, 3.63) is 18.3 Å². The Morgan fingerprint density at radius 1 is 1.38 bits per heavy atom. The van der Waals surface area contributed by atoms with Crippen LogP contribution in [0.5, 0.6) is 5.75 Å². The van der Waals surface area contributed by atoms with Crippen LogP contribution >= 0.6 is 11.6 Å². The zero-order chi connectivity index (χ0) is 11.8. The minimum atomic E-state index is 0.622. The van der Waals surface area contributed by atoms with Gasteiger partial charge >= 0.3 is 0 Å². The van der Waals surface area contributed by atoms with E-state index in [1.54, 1.807) is 13.3 Å². The van der Waals surface area contributed by atoms with Crippen LogP contribution in [0, 0.1) is 0 Å². The maximum absolute atomic E-state index is 5.79. The van der Waals surface area contributed by atoms with Crippen LogP contribution in [-0.4, -0.2) is 31.1 Å². The lowest BCUT2D eigenvalue weighted by Crippen LogP contribution is -2.27. The normalized spacial score (nSPS) is 10.2. The number of unbranched alkanes of at least 4 members (excludes halogenated alkanes) is 1. The van der Waals surface area contributed by atoms with E-state index < -0.39 is 0 Å². The van der Waals surface area contributed by atoms with Gasteiger partial charge in [-0.05, 0) is 18.6 Å². The van der Waals surface area contributed by atoms with E-state index in [9.17, 15) is 0 Å². The number of ether oxygens (including phenoxy) is 1. The SMILES string of the molecule is CCCCN(CCCl)c1ccc(OC)cn1. The molecule has 90 valence electrons. The molecule has 0 saturated carbocycles. The Kier molecular flexibility index (Phi) is 6.01. The van der Waals surface area contributed by atoms with Gasteiger partial charge in [-0.15, -0.1) is 11.6 Å². The van der Waals surface area contributed by atoms with Crippen LogP contribution < -0.4 is 9.64 Å². The standard InChI is InChI=1S/C12H19ClN2O/c1-3-4-8-15(9-7-13)12-6-5-11(16-2)10-14-12/h5-6,10H,3-4,7-9H2,1-2H3. The molecular formula is C12H19ClN2O. The van der Waals surface area contributed by atoms with E-state index in [4.69, 9.17) is 16.3 Å². The second-order valence-electron chi connectivity index (χ2n) is 3.59. The molecule has 0 bridgehead atoms. The van der Waals surface area contributed by atoms with Crippen molar-refractivity contribution < 1.29 is 4.74 Å². The number of nitrogens with zero attached hydrogens (tertiary/aromatic N) is 2. The topological polar surface area (TPSA) is 25.4 Å². The quantitative estimate of drug-likeness (QED) is 0.688. The first-order valence-electron chi connectivity index (χ1n) is 5.62. The van der Waals surface area contributed by atoms with E-state index in [1.807, 2.05) is 12.1 Å². The minimum absolute atomic E-state index is 0.622. The lowest BCUT2D eigenvalue weighted by molar-refractivity contribution is 0.413. The summed E-state index contributed by atoms with van der Waals surface area (Å²) in [6, 6.07) is 3.90. The molecule has 3 nitrogen and oxygen atoms in total. The van der Waals surface area contributed by atoms with Gasteiger partial charge < -0.3 is 9.64 Å². The van der Waals surface area contributed by atoms with Crippen molar-refractivity contribution in [1.29, 1.82) is 0 Å². The molecule has 0 unspecified atom stereocenters. The Labute approximate surface area is 102 Å². The Morgan fingerprint density at radius 2 is 2.19 bits per heavy atom. The van der Waals surface area contributed by atoms with Crippen molar-refractivity contribution in [2.24, 2.45) is 0 Å². The molecule has 0 N–H and O–H groups in total. The molecule has 1 rings (SSSR count). The number of halogens is 1. The number of rotatable bonds is 7. The molecule has 1 aromatic rings. The first kappa shape index (κ1) is 13.1. The van der Waals surface area contributed by atoms with E-state index >= 15 is 0 Å². The first-order valence-corrected chi connectivity index (χ1v) is 6.16. The van der Waals surface area contributed by atoms with Crippen LogP contribution in [0.2, 0.25) is 0 Å². The highest BCUT2D eigenvalue weighted by atomic mass is 35.5. The molecule has 0 aliphatic rings. The molecule has 16 heavy (non-hydrogen) atoms. The van der Waals surface area contributed by atoms with Gasteiger partial charge in [0.25, 0.3) is 0 Å². The number of hydrogen-bond donors (Lipinski definition) is 0. The highest BCUT2D eigenvalue weighted by Gasteiger charge is 2.06. The zero-order valence-corrected chi connectivity index (χ0v) is 10.7. The van der Waals surface area contributed by atoms with Crippen molar-refractivity contribution in [1.82, 2.24) is 4.98 Å². The van der Waals surface area contributed by atoms with Crippen molar-refractivity contribution in [3.8, 4) is 5.75 Å². The van der Waals surface area contributed by atoms with Crippen molar-refractivity contribution in [2.75, 3.05) is 31.0 Å². The van der Waals surface area contributed by atoms with Gasteiger partial charge in [0.1, 0.15) is 11.6 Å². The van der Waals surface area contributed by atoms with E-state index in [-0.39, 0.29) is 0 Å². The molecule has 0 atom stereocenters. The molecule has 1 heterocycles. The monoisotopic (exact) mass is 242 g/mol. The van der Waals surface area contributed by atoms with E-state index in [0.29, 0.717) is 5.88 Å². The van der Waals surface area contributed by atoms with Crippen LogP contribution in [-0.2, 0) is 0 Å². The van der Waals surface area contributed by atoms with Gasteiger partial charge in [0, 0.05) is 19.0 Å². The van der Waals surface area contributed by atoms with Gasteiger partial charge in [-0.1, -0.05) is 13.3 Å². The summed E-state index contributed by atoms with van der Waals surface area (Å²) in [7, 11) is 1.64. The molecule has 0 spiro atoms. The van der Waals surface area contributed by atoms with E-state index in [1.165, 1.54) is 6.42 Å². The number of anilines is 1. The van der Waals surface area contributed by atoms with E-state index in [2.05, 4.69) is 16.8 Å². The molecule has 0 amide bonds. The van der Waals surface area contributed by atoms with Gasteiger partial charge in [-0.3, -0.25) is 0 Å². The van der Waals surface area contributed by atoms with Crippen LogP contribution in [0.1, 0.15) is 19.8 Å². The number of hydrogen-bond acceptors (Lipinski definition) is 3. The Balaban J connectivity index is 2.67. The number of methoxy groups -OCH3 is 1. The molecule has 0 fully saturated rings. The molecule has 4 heteroatoms. The number of aromatic nitrogens is 1. The summed E-state index contributed by atoms with van der Waals surface area (Å²) in [6.07, 6.45) is 4.07. The van der Waals surface area contributed by atoms with Crippen LogP contribution in [0.4, 0.5) is 5.82 Å². The molecule has 1 aromatic heterocycles. The van der Waals surface area contributed by atoms with Crippen molar-refractivity contribution in [2.45, 2.75) is 19.8 Å². The maximum Gasteiger partial charge on any atom is 0.137 e. The highest BCUT2D eigenvalue weighted by molar-refractivity contribution is 6.18. The fraction of sp³-hybridized carbons (Fsp3) is 0.583. The van der Waals surface area contributed by atoms with Crippen molar-refractivity contribution >= 4 is 17.4 Å². The highest BCUT2D eigenvalue weighted by Crippen LogP contribution is 2.16. The van der Waals surface area contributed by atoms with Gasteiger partial charge in [0.2, 0.25) is 0 Å². The Bertz CT molecular complexity index is 290. The summed E-state index contributed by atoms with van der Waals surface area (Å²) in [5.41, 5.74) is 0. The maximum atomic E-state index is 5.79. The van der Waals surface area contributed by atoms with Crippen LogP contribution in [0.15, 0.2) is 18.3 Å². The second-order valence-corrected chi connectivity index (χ2v) is 3.96. The lowest BCUT2D eigenvalue weighted by atomic mass is 10.3. The zero-order valence-electron chi connectivity index (χ0n) is 9.95. The third-order valence-electron chi connectivity index (χ3n) is 2.42. The van der Waals surface area contributed by atoms with Gasteiger partial charge in [0.05, 0.1) is 13.3 Å². The fourth-order valence-corrected chi connectivity index (χ4v) is 1.68. The molecule has 0 radical (unpaired) electrons. The lowest BCUT2D eigenvalue weighted by Gasteiger charge is -2.22. The van der Waals surface area contributed by atoms with Crippen LogP contribution in [0.3, 0.4) is 0 Å². The van der Waals surface area contributed by atoms with E-state index in [0.717, 1.165) is 31.1 Å². The van der Waals surface area contributed by atoms with Gasteiger partial charge in [-0.25, -0.2) is 4.98 Å². The molecule has 0 aromatic carbocycles. The van der Waals surface area contributed by atoms with Crippen molar-refractivity contribution in [3.63, 3.8) is 0 Å². The average molecular weight is 243 g/mol. The molecule has 0 saturated heterocycles. The fourth-order valence-electron chi connectivity index (χ4n) is 1.47. The van der Waals surface area contributed by atoms with Gasteiger partial charge in [-0.2, -0.15) is 0 Å². The minimum Gasteiger partial charge on any atom is -0.495 e. The largest absolute Gasteiger partial charge is 0.495 e. The summed E-state index contributed by atoms with van der Waals surface area (Å²) < 4.78 is 5.08. The summed E-state index contributed by atoms with van der Waals surface area (Å²) in [6.45, 7) is 4.02. The average Bonchev–Trinajstić information content (AvgIpc) is 2.35. The Morgan fingerprint density at radius 3 is 2.69 bits per heavy atom. The third-order valence-corrected chi connectivity index (χ3v) is 2.59. The second kappa shape index (κ2) is 7.34. The molecular weight excluding hydrogens is 224 g/mol. The van der Waals surface area contributed by atoms with Crippen LogP contribution in [0.25, 0.3) is 0 Å². The predicted octanol–water partition coefficient (Wildman–Crippen LogP) is 2.94. The summed E-state index contributed by atoms with van der Waals surface area (Å²) in [4.78, 5) is 6.57. The predicted molar refractivity (Wildman–Crippen MR) is 68.6 cm³/mol. The van der Waals surface area contributed by atoms with Gasteiger partial charge in [0.15, 0.2) is 0 Å². The summed E-state index contributed by atoms with van der Waals surface area (Å²) in [5.74, 6) is 2.37.